The highest BCUT2D eigenvalue weighted by molar-refractivity contribution is 5.71. The van der Waals surface area contributed by atoms with Gasteiger partial charge in [-0.1, -0.05) is 6.92 Å². The van der Waals surface area contributed by atoms with Crippen molar-refractivity contribution in [2.75, 3.05) is 14.2 Å². The van der Waals surface area contributed by atoms with Gasteiger partial charge >= 0.3 is 5.97 Å². The van der Waals surface area contributed by atoms with E-state index >= 15 is 0 Å². The van der Waals surface area contributed by atoms with E-state index in [1.807, 2.05) is 19.9 Å². The third-order valence-corrected chi connectivity index (χ3v) is 3.32. The summed E-state index contributed by atoms with van der Waals surface area (Å²) in [5.74, 6) is -0.334. The predicted molar refractivity (Wildman–Crippen MR) is 72.6 cm³/mol. The summed E-state index contributed by atoms with van der Waals surface area (Å²) in [5.41, 5.74) is 7.75. The number of carbonyl (C=O) groups is 1. The first kappa shape index (κ1) is 15.3. The van der Waals surface area contributed by atoms with Crippen LogP contribution in [-0.2, 0) is 4.79 Å². The Morgan fingerprint density at radius 1 is 1.32 bits per heavy atom. The number of hydrogen-bond donors (Lipinski definition) is 2. The molecule has 0 saturated heterocycles. The van der Waals surface area contributed by atoms with Gasteiger partial charge in [-0.05, 0) is 36.6 Å². The lowest BCUT2D eigenvalue weighted by Gasteiger charge is -2.22. The van der Waals surface area contributed by atoms with Gasteiger partial charge in [0.15, 0.2) is 11.5 Å². The minimum atomic E-state index is -0.885. The predicted octanol–water partition coefficient (Wildman–Crippen LogP) is 2.12. The van der Waals surface area contributed by atoms with E-state index in [0.29, 0.717) is 17.9 Å². The molecule has 0 aromatic heterocycles. The maximum atomic E-state index is 11.2. The Kier molecular flexibility index (Phi) is 5.18. The van der Waals surface area contributed by atoms with Gasteiger partial charge in [0.25, 0.3) is 0 Å². The average Bonchev–Trinajstić information content (AvgIpc) is 2.38. The van der Waals surface area contributed by atoms with Crippen LogP contribution in [0.5, 0.6) is 11.5 Å². The smallest absolute Gasteiger partial charge is 0.308 e. The van der Waals surface area contributed by atoms with Crippen LogP contribution in [0.25, 0.3) is 0 Å². The molecule has 0 aliphatic heterocycles. The summed E-state index contributed by atoms with van der Waals surface area (Å²) in [6.07, 6.45) is 0.476. The number of aryl methyl sites for hydroxylation is 1. The highest BCUT2D eigenvalue weighted by Crippen LogP contribution is 2.34. The maximum absolute atomic E-state index is 11.2. The third kappa shape index (κ3) is 3.17. The Hall–Kier alpha value is -1.75. The van der Waals surface area contributed by atoms with Gasteiger partial charge in [-0.2, -0.15) is 0 Å². The van der Waals surface area contributed by atoms with Crippen molar-refractivity contribution in [2.45, 2.75) is 26.3 Å². The van der Waals surface area contributed by atoms with Crippen molar-refractivity contribution in [1.82, 2.24) is 0 Å². The zero-order chi connectivity index (χ0) is 14.6. The second-order valence-electron chi connectivity index (χ2n) is 4.44. The first-order valence-corrected chi connectivity index (χ1v) is 6.17. The van der Waals surface area contributed by atoms with E-state index < -0.39 is 17.9 Å². The van der Waals surface area contributed by atoms with Crippen LogP contribution in [0.4, 0.5) is 0 Å². The van der Waals surface area contributed by atoms with Crippen molar-refractivity contribution >= 4 is 5.97 Å². The number of ether oxygens (including phenoxy) is 2. The van der Waals surface area contributed by atoms with Gasteiger partial charge < -0.3 is 20.3 Å². The fourth-order valence-corrected chi connectivity index (χ4v) is 2.15. The quantitative estimate of drug-likeness (QED) is 0.825. The number of benzene rings is 1. The second kappa shape index (κ2) is 6.43. The van der Waals surface area contributed by atoms with E-state index in [9.17, 15) is 9.90 Å². The van der Waals surface area contributed by atoms with E-state index in [4.69, 9.17) is 15.2 Å². The molecule has 3 N–H and O–H groups in total. The molecule has 2 atom stereocenters. The summed E-state index contributed by atoms with van der Waals surface area (Å²) >= 11 is 0. The molecule has 1 aromatic rings. The molecule has 5 heteroatoms. The van der Waals surface area contributed by atoms with Crippen molar-refractivity contribution in [3.63, 3.8) is 0 Å². The van der Waals surface area contributed by atoms with E-state index in [-0.39, 0.29) is 0 Å². The normalized spacial score (nSPS) is 13.7. The SMILES string of the molecule is CCC(C(=O)O)C(N)c1cc(OC)c(OC)cc1C. The Morgan fingerprint density at radius 2 is 1.84 bits per heavy atom. The number of aliphatic carboxylic acids is 1. The number of nitrogens with two attached hydrogens (primary N) is 1. The molecule has 0 bridgehead atoms. The molecule has 0 heterocycles. The van der Waals surface area contributed by atoms with Crippen LogP contribution in [-0.4, -0.2) is 25.3 Å². The van der Waals surface area contributed by atoms with Crippen LogP contribution in [0.1, 0.15) is 30.5 Å². The largest absolute Gasteiger partial charge is 0.493 e. The fraction of sp³-hybridized carbons (Fsp3) is 0.500. The van der Waals surface area contributed by atoms with Crippen LogP contribution < -0.4 is 15.2 Å². The van der Waals surface area contributed by atoms with Crippen molar-refractivity contribution in [2.24, 2.45) is 11.7 Å². The first-order valence-electron chi connectivity index (χ1n) is 6.17. The van der Waals surface area contributed by atoms with Crippen molar-refractivity contribution in [3.8, 4) is 11.5 Å². The molecule has 0 spiro atoms. The summed E-state index contributed by atoms with van der Waals surface area (Å²) in [5, 5.41) is 9.19. The average molecular weight is 267 g/mol. The summed E-state index contributed by atoms with van der Waals surface area (Å²) in [6.45, 7) is 3.69. The Bertz CT molecular complexity index is 459. The van der Waals surface area contributed by atoms with Crippen molar-refractivity contribution in [1.29, 1.82) is 0 Å². The molecule has 1 aromatic carbocycles. The van der Waals surface area contributed by atoms with E-state index in [1.54, 1.807) is 13.2 Å². The molecule has 0 aliphatic rings. The standard InChI is InChI=1S/C14H21NO4/c1-5-9(14(16)17)13(15)10-7-12(19-4)11(18-3)6-8(10)2/h6-7,9,13H,5,15H2,1-4H3,(H,16,17). The molecule has 0 aliphatic carbocycles. The van der Waals surface area contributed by atoms with Gasteiger partial charge in [-0.25, -0.2) is 0 Å². The zero-order valence-corrected chi connectivity index (χ0v) is 11.8. The van der Waals surface area contributed by atoms with Crippen LogP contribution in [0.3, 0.4) is 0 Å². The maximum Gasteiger partial charge on any atom is 0.308 e. The summed E-state index contributed by atoms with van der Waals surface area (Å²) < 4.78 is 10.4. The van der Waals surface area contributed by atoms with E-state index in [0.717, 1.165) is 11.1 Å². The molecule has 0 radical (unpaired) electrons. The number of methoxy groups -OCH3 is 2. The van der Waals surface area contributed by atoms with Crippen molar-refractivity contribution in [3.05, 3.63) is 23.3 Å². The van der Waals surface area contributed by atoms with Crippen LogP contribution >= 0.6 is 0 Å². The second-order valence-corrected chi connectivity index (χ2v) is 4.44. The minimum absolute atomic E-state index is 0.476. The molecule has 106 valence electrons. The fourth-order valence-electron chi connectivity index (χ4n) is 2.15. The molecule has 2 unspecified atom stereocenters. The highest BCUT2D eigenvalue weighted by Gasteiger charge is 2.26. The highest BCUT2D eigenvalue weighted by atomic mass is 16.5. The van der Waals surface area contributed by atoms with Crippen LogP contribution in [0.2, 0.25) is 0 Å². The van der Waals surface area contributed by atoms with Gasteiger partial charge in [0.05, 0.1) is 20.1 Å². The molecule has 0 saturated carbocycles. The summed E-state index contributed by atoms with van der Waals surface area (Å²) in [4.78, 5) is 11.2. The summed E-state index contributed by atoms with van der Waals surface area (Å²) in [7, 11) is 3.10. The Labute approximate surface area is 113 Å². The molecule has 1 rings (SSSR count). The topological polar surface area (TPSA) is 81.8 Å². The summed E-state index contributed by atoms with van der Waals surface area (Å²) in [6, 6.07) is 3.00. The van der Waals surface area contributed by atoms with Crippen LogP contribution in [0.15, 0.2) is 12.1 Å². The lowest BCUT2D eigenvalue weighted by molar-refractivity contribution is -0.142. The molecule has 0 fully saturated rings. The molecule has 5 nitrogen and oxygen atoms in total. The number of rotatable bonds is 6. The zero-order valence-electron chi connectivity index (χ0n) is 11.8. The minimum Gasteiger partial charge on any atom is -0.493 e. The number of hydrogen-bond acceptors (Lipinski definition) is 4. The Morgan fingerprint density at radius 3 is 2.26 bits per heavy atom. The van der Waals surface area contributed by atoms with E-state index in [1.165, 1.54) is 7.11 Å². The lowest BCUT2D eigenvalue weighted by Crippen LogP contribution is -2.28. The number of carboxylic acids is 1. The Balaban J connectivity index is 3.22. The third-order valence-electron chi connectivity index (χ3n) is 3.32. The van der Waals surface area contributed by atoms with Gasteiger partial charge in [-0.15, -0.1) is 0 Å². The van der Waals surface area contributed by atoms with Gasteiger partial charge in [0.1, 0.15) is 0 Å². The van der Waals surface area contributed by atoms with Gasteiger partial charge in [0.2, 0.25) is 0 Å². The first-order chi connectivity index (χ1) is 8.96. The molecule has 19 heavy (non-hydrogen) atoms. The monoisotopic (exact) mass is 267 g/mol. The van der Waals surface area contributed by atoms with Gasteiger partial charge in [0, 0.05) is 6.04 Å². The molecular weight excluding hydrogens is 246 g/mol. The lowest BCUT2D eigenvalue weighted by atomic mass is 9.89. The van der Waals surface area contributed by atoms with Gasteiger partial charge in [-0.3, -0.25) is 4.79 Å². The van der Waals surface area contributed by atoms with Crippen molar-refractivity contribution < 1.29 is 19.4 Å². The molecule has 0 amide bonds. The number of carboxylic acid groups (broad SMARTS) is 1. The van der Waals surface area contributed by atoms with E-state index in [2.05, 4.69) is 0 Å². The van der Waals surface area contributed by atoms with Crippen LogP contribution in [0, 0.1) is 12.8 Å². The molecular formula is C14H21NO4.